The quantitative estimate of drug-likeness (QED) is 0.664. The lowest BCUT2D eigenvalue weighted by molar-refractivity contribution is -0.137. The number of hydrogen-bond donors (Lipinski definition) is 1. The summed E-state index contributed by atoms with van der Waals surface area (Å²) in [6.07, 6.45) is 4.55. The van der Waals surface area contributed by atoms with Gasteiger partial charge in [0.05, 0.1) is 5.75 Å². The van der Waals surface area contributed by atoms with E-state index in [0.717, 1.165) is 4.47 Å². The van der Waals surface area contributed by atoms with E-state index in [1.165, 1.54) is 4.31 Å². The van der Waals surface area contributed by atoms with Crippen LogP contribution in [0.2, 0.25) is 0 Å². The predicted molar refractivity (Wildman–Crippen MR) is 114 cm³/mol. The number of piperidine rings is 1. The molecule has 2 fully saturated rings. The molecule has 0 bridgehead atoms. The average molecular weight is 487 g/mol. The van der Waals surface area contributed by atoms with Gasteiger partial charge in [-0.25, -0.2) is 13.4 Å². The summed E-state index contributed by atoms with van der Waals surface area (Å²) in [5.41, 5.74) is 0. The Labute approximate surface area is 180 Å². The highest BCUT2D eigenvalue weighted by molar-refractivity contribution is 9.10. The molecular weight excluding hydrogens is 460 g/mol. The van der Waals surface area contributed by atoms with E-state index in [9.17, 15) is 18.0 Å². The minimum Gasteiger partial charge on any atom is -0.341 e. The predicted octanol–water partition coefficient (Wildman–Crippen LogP) is 2.23. The first-order chi connectivity index (χ1) is 13.8. The fourth-order valence-corrected chi connectivity index (χ4v) is 5.92. The molecule has 1 unspecified atom stereocenters. The van der Waals surface area contributed by atoms with E-state index >= 15 is 0 Å². The van der Waals surface area contributed by atoms with Crippen LogP contribution in [0.3, 0.4) is 0 Å². The smallest absolute Gasteiger partial charge is 0.241 e. The van der Waals surface area contributed by atoms with E-state index in [1.807, 2.05) is 13.0 Å². The summed E-state index contributed by atoms with van der Waals surface area (Å²) in [7, 11) is -3.39. The van der Waals surface area contributed by atoms with Crippen LogP contribution in [0.15, 0.2) is 22.8 Å². The summed E-state index contributed by atoms with van der Waals surface area (Å²) in [6.45, 7) is 3.16. The number of hydrogen-bond acceptors (Lipinski definition) is 5. The van der Waals surface area contributed by atoms with Crippen molar-refractivity contribution in [3.8, 4) is 0 Å². The first-order valence-electron chi connectivity index (χ1n) is 10.0. The van der Waals surface area contributed by atoms with Gasteiger partial charge in [0.25, 0.3) is 0 Å². The number of carbonyl (C=O) groups is 2. The summed E-state index contributed by atoms with van der Waals surface area (Å²) in [5, 5.41) is 2.82. The molecule has 0 saturated carbocycles. The zero-order chi connectivity index (χ0) is 21.0. The van der Waals surface area contributed by atoms with E-state index < -0.39 is 16.1 Å². The summed E-state index contributed by atoms with van der Waals surface area (Å²) < 4.78 is 27.1. The molecule has 3 heterocycles. The van der Waals surface area contributed by atoms with Crippen molar-refractivity contribution in [1.82, 2.24) is 14.2 Å². The van der Waals surface area contributed by atoms with Gasteiger partial charge in [0, 0.05) is 36.2 Å². The number of aromatic nitrogens is 1. The first-order valence-corrected chi connectivity index (χ1v) is 12.4. The third kappa shape index (κ3) is 5.35. The number of carbonyl (C=O) groups excluding carboxylic acids is 2. The molecule has 0 radical (unpaired) electrons. The number of nitrogens with zero attached hydrogens (tertiary/aromatic N) is 3. The molecule has 29 heavy (non-hydrogen) atoms. The van der Waals surface area contributed by atoms with Gasteiger partial charge in [0.15, 0.2) is 0 Å². The highest BCUT2D eigenvalue weighted by Crippen LogP contribution is 2.26. The molecular formula is C19H27BrN4O4S. The van der Waals surface area contributed by atoms with Gasteiger partial charge in [-0.1, -0.05) is 6.92 Å². The minimum absolute atomic E-state index is 0.0725. The molecule has 10 heteroatoms. The SMILES string of the molecule is CCCS(=O)(=O)N1CCCC1C(=O)N1CCC(C(=O)Nc2ccc(Br)cn2)CC1. The van der Waals surface area contributed by atoms with Crippen molar-refractivity contribution >= 4 is 43.6 Å². The Morgan fingerprint density at radius 1 is 1.21 bits per heavy atom. The average Bonchev–Trinajstić information content (AvgIpc) is 3.20. The molecule has 160 valence electrons. The van der Waals surface area contributed by atoms with Crippen molar-refractivity contribution in [3.63, 3.8) is 0 Å². The molecule has 2 saturated heterocycles. The lowest BCUT2D eigenvalue weighted by Crippen LogP contribution is -2.51. The standard InChI is InChI=1S/C19H27BrN4O4S/c1-2-12-29(27,28)24-9-3-4-16(24)19(26)23-10-7-14(8-11-23)18(25)22-17-6-5-15(20)13-21-17/h5-6,13-14,16H,2-4,7-12H2,1H3,(H,21,22,25). The first kappa shape index (κ1) is 22.2. The van der Waals surface area contributed by atoms with Gasteiger partial charge in [-0.05, 0) is 60.2 Å². The largest absolute Gasteiger partial charge is 0.341 e. The highest BCUT2D eigenvalue weighted by atomic mass is 79.9. The Kier molecular flexibility index (Phi) is 7.28. The Morgan fingerprint density at radius 2 is 1.93 bits per heavy atom. The third-order valence-corrected chi connectivity index (χ3v) is 8.01. The van der Waals surface area contributed by atoms with E-state index in [1.54, 1.807) is 17.2 Å². The Balaban J connectivity index is 1.55. The zero-order valence-corrected chi connectivity index (χ0v) is 18.9. The van der Waals surface area contributed by atoms with Crippen LogP contribution in [0.25, 0.3) is 0 Å². The number of likely N-dealkylation sites (tertiary alicyclic amines) is 1. The van der Waals surface area contributed by atoms with Crippen LogP contribution in [0.4, 0.5) is 5.82 Å². The van der Waals surface area contributed by atoms with Crippen molar-refractivity contribution < 1.29 is 18.0 Å². The summed E-state index contributed by atoms with van der Waals surface area (Å²) >= 11 is 3.31. The van der Waals surface area contributed by atoms with Gasteiger partial charge < -0.3 is 10.2 Å². The number of amides is 2. The van der Waals surface area contributed by atoms with Crippen LogP contribution in [-0.2, 0) is 19.6 Å². The second kappa shape index (κ2) is 9.53. The fourth-order valence-electron chi connectivity index (χ4n) is 3.95. The van der Waals surface area contributed by atoms with E-state index in [2.05, 4.69) is 26.2 Å². The number of nitrogens with one attached hydrogen (secondary N) is 1. The highest BCUT2D eigenvalue weighted by Gasteiger charge is 2.41. The van der Waals surface area contributed by atoms with Gasteiger partial charge in [0.2, 0.25) is 21.8 Å². The Hall–Kier alpha value is -1.52. The lowest BCUT2D eigenvalue weighted by Gasteiger charge is -2.34. The normalized spacial score (nSPS) is 21.3. The maximum Gasteiger partial charge on any atom is 0.241 e. The van der Waals surface area contributed by atoms with Crippen LogP contribution in [0.1, 0.15) is 39.0 Å². The second-order valence-electron chi connectivity index (χ2n) is 7.54. The molecule has 0 aliphatic carbocycles. The zero-order valence-electron chi connectivity index (χ0n) is 16.5. The van der Waals surface area contributed by atoms with Gasteiger partial charge in [-0.15, -0.1) is 0 Å². The number of rotatable bonds is 6. The van der Waals surface area contributed by atoms with Crippen molar-refractivity contribution in [1.29, 1.82) is 0 Å². The monoisotopic (exact) mass is 486 g/mol. The second-order valence-corrected chi connectivity index (χ2v) is 10.5. The van der Waals surface area contributed by atoms with E-state index in [0.29, 0.717) is 57.6 Å². The van der Waals surface area contributed by atoms with Crippen molar-refractivity contribution in [3.05, 3.63) is 22.8 Å². The molecule has 1 N–H and O–H groups in total. The molecule has 0 aromatic carbocycles. The lowest BCUT2D eigenvalue weighted by atomic mass is 9.95. The van der Waals surface area contributed by atoms with Crippen LogP contribution >= 0.6 is 15.9 Å². The topological polar surface area (TPSA) is 99.7 Å². The molecule has 1 aromatic rings. The molecule has 1 aromatic heterocycles. The third-order valence-electron chi connectivity index (χ3n) is 5.46. The van der Waals surface area contributed by atoms with Crippen LogP contribution in [0.5, 0.6) is 0 Å². The maximum atomic E-state index is 13.0. The molecule has 2 amide bonds. The molecule has 0 spiro atoms. The summed E-state index contributed by atoms with van der Waals surface area (Å²) in [6, 6.07) is 2.94. The maximum absolute atomic E-state index is 13.0. The molecule has 2 aliphatic rings. The van der Waals surface area contributed by atoms with Crippen molar-refractivity contribution in [2.75, 3.05) is 30.7 Å². The Morgan fingerprint density at radius 3 is 2.55 bits per heavy atom. The van der Waals surface area contributed by atoms with E-state index in [4.69, 9.17) is 0 Å². The minimum atomic E-state index is -3.39. The molecule has 1 atom stereocenters. The van der Waals surface area contributed by atoms with Crippen LogP contribution in [0, 0.1) is 5.92 Å². The molecule has 3 rings (SSSR count). The number of pyridine rings is 1. The van der Waals surface area contributed by atoms with Crippen molar-refractivity contribution in [2.24, 2.45) is 5.92 Å². The fraction of sp³-hybridized carbons (Fsp3) is 0.632. The van der Waals surface area contributed by atoms with Gasteiger partial charge in [0.1, 0.15) is 11.9 Å². The molecule has 2 aliphatic heterocycles. The number of anilines is 1. The molecule has 8 nitrogen and oxygen atoms in total. The van der Waals surface area contributed by atoms with Crippen molar-refractivity contribution in [2.45, 2.75) is 45.1 Å². The number of halogens is 1. The number of sulfonamides is 1. The Bertz CT molecular complexity index is 838. The summed E-state index contributed by atoms with van der Waals surface area (Å²) in [5.74, 6) is 0.159. The van der Waals surface area contributed by atoms with Crippen LogP contribution in [-0.4, -0.2) is 65.9 Å². The van der Waals surface area contributed by atoms with E-state index in [-0.39, 0.29) is 23.5 Å². The van der Waals surface area contributed by atoms with Gasteiger partial charge in [-0.3, -0.25) is 9.59 Å². The van der Waals surface area contributed by atoms with Crippen LogP contribution < -0.4 is 5.32 Å². The van der Waals surface area contributed by atoms with Gasteiger partial charge in [-0.2, -0.15) is 4.31 Å². The summed E-state index contributed by atoms with van der Waals surface area (Å²) in [4.78, 5) is 31.3. The van der Waals surface area contributed by atoms with Gasteiger partial charge >= 0.3 is 0 Å².